The van der Waals surface area contributed by atoms with Gasteiger partial charge in [-0.3, -0.25) is 4.90 Å². The van der Waals surface area contributed by atoms with Crippen LogP contribution >= 0.6 is 0 Å². The SMILES string of the molecule is C=C1CCN(C(CCC)n2cncn2)CC1. The first kappa shape index (κ1) is 11.3. The van der Waals surface area contributed by atoms with E-state index in [1.165, 1.54) is 12.0 Å². The molecule has 0 aliphatic carbocycles. The van der Waals surface area contributed by atoms with Gasteiger partial charge in [0.15, 0.2) is 0 Å². The van der Waals surface area contributed by atoms with E-state index in [-0.39, 0.29) is 0 Å². The molecular formula is C12H20N4. The summed E-state index contributed by atoms with van der Waals surface area (Å²) in [4.78, 5) is 6.54. The zero-order valence-electron chi connectivity index (χ0n) is 9.97. The third kappa shape index (κ3) is 2.50. The van der Waals surface area contributed by atoms with Crippen LogP contribution in [0.4, 0.5) is 0 Å². The molecule has 1 saturated heterocycles. The molecule has 1 unspecified atom stereocenters. The second-order valence-corrected chi connectivity index (χ2v) is 4.43. The Morgan fingerprint density at radius 2 is 2.19 bits per heavy atom. The molecule has 0 bridgehead atoms. The molecular weight excluding hydrogens is 200 g/mol. The van der Waals surface area contributed by atoms with Gasteiger partial charge in [0.2, 0.25) is 0 Å². The van der Waals surface area contributed by atoms with E-state index in [4.69, 9.17) is 0 Å². The Bertz CT molecular complexity index is 321. The van der Waals surface area contributed by atoms with Gasteiger partial charge in [-0.1, -0.05) is 25.5 Å². The zero-order chi connectivity index (χ0) is 11.4. The minimum atomic E-state index is 0.376. The molecule has 0 saturated carbocycles. The van der Waals surface area contributed by atoms with Crippen LogP contribution in [0.25, 0.3) is 0 Å². The Balaban J connectivity index is 2.04. The van der Waals surface area contributed by atoms with Gasteiger partial charge in [-0.25, -0.2) is 9.67 Å². The van der Waals surface area contributed by atoms with Crippen molar-refractivity contribution in [2.75, 3.05) is 13.1 Å². The molecule has 1 aliphatic heterocycles. The number of nitrogens with zero attached hydrogens (tertiary/aromatic N) is 4. The van der Waals surface area contributed by atoms with Gasteiger partial charge in [0.25, 0.3) is 0 Å². The molecule has 1 aliphatic rings. The van der Waals surface area contributed by atoms with Crippen LogP contribution in [0.2, 0.25) is 0 Å². The molecule has 88 valence electrons. The van der Waals surface area contributed by atoms with Gasteiger partial charge in [-0.15, -0.1) is 0 Å². The molecule has 1 aromatic heterocycles. The summed E-state index contributed by atoms with van der Waals surface area (Å²) in [7, 11) is 0. The maximum Gasteiger partial charge on any atom is 0.137 e. The van der Waals surface area contributed by atoms with Crippen LogP contribution in [0.3, 0.4) is 0 Å². The maximum atomic E-state index is 4.27. The highest BCUT2D eigenvalue weighted by molar-refractivity contribution is 4.99. The molecule has 0 spiro atoms. The van der Waals surface area contributed by atoms with Crippen LogP contribution in [0, 0.1) is 0 Å². The lowest BCUT2D eigenvalue weighted by Crippen LogP contribution is -2.37. The van der Waals surface area contributed by atoms with Crippen molar-refractivity contribution in [1.29, 1.82) is 0 Å². The van der Waals surface area contributed by atoms with Crippen LogP contribution in [0.5, 0.6) is 0 Å². The highest BCUT2D eigenvalue weighted by Crippen LogP contribution is 2.24. The average molecular weight is 220 g/mol. The minimum absolute atomic E-state index is 0.376. The molecule has 1 fully saturated rings. The molecule has 2 rings (SSSR count). The summed E-state index contributed by atoms with van der Waals surface area (Å²) in [5.41, 5.74) is 1.38. The number of hydrogen-bond donors (Lipinski definition) is 0. The molecule has 0 amide bonds. The summed E-state index contributed by atoms with van der Waals surface area (Å²) in [6.45, 7) is 8.47. The quantitative estimate of drug-likeness (QED) is 0.730. The first-order valence-electron chi connectivity index (χ1n) is 6.06. The molecule has 0 N–H and O–H groups in total. The van der Waals surface area contributed by atoms with Crippen molar-refractivity contribution in [3.8, 4) is 0 Å². The number of rotatable bonds is 4. The molecule has 4 heteroatoms. The first-order chi connectivity index (χ1) is 7.81. The van der Waals surface area contributed by atoms with E-state index in [1.807, 2.05) is 11.0 Å². The highest BCUT2D eigenvalue weighted by Gasteiger charge is 2.22. The summed E-state index contributed by atoms with van der Waals surface area (Å²) in [5.74, 6) is 0. The maximum absolute atomic E-state index is 4.27. The topological polar surface area (TPSA) is 34.0 Å². The Labute approximate surface area is 97.0 Å². The van der Waals surface area contributed by atoms with Crippen LogP contribution < -0.4 is 0 Å². The van der Waals surface area contributed by atoms with Crippen molar-refractivity contribution >= 4 is 0 Å². The molecule has 0 aromatic carbocycles. The Hall–Kier alpha value is -1.16. The predicted molar refractivity (Wildman–Crippen MR) is 63.9 cm³/mol. The van der Waals surface area contributed by atoms with Crippen LogP contribution in [-0.2, 0) is 0 Å². The summed E-state index contributed by atoms with van der Waals surface area (Å²) in [6, 6.07) is 0. The van der Waals surface area contributed by atoms with Gasteiger partial charge in [-0.2, -0.15) is 5.10 Å². The number of hydrogen-bond acceptors (Lipinski definition) is 3. The lowest BCUT2D eigenvalue weighted by atomic mass is 10.0. The van der Waals surface area contributed by atoms with Gasteiger partial charge in [0.05, 0.1) is 0 Å². The molecule has 2 heterocycles. The second kappa shape index (κ2) is 5.25. The van der Waals surface area contributed by atoms with E-state index < -0.39 is 0 Å². The van der Waals surface area contributed by atoms with Crippen molar-refractivity contribution in [1.82, 2.24) is 19.7 Å². The van der Waals surface area contributed by atoms with Crippen molar-refractivity contribution in [3.63, 3.8) is 0 Å². The normalized spacial score (nSPS) is 19.9. The fourth-order valence-corrected chi connectivity index (χ4v) is 2.25. The van der Waals surface area contributed by atoms with E-state index in [0.717, 1.165) is 32.4 Å². The summed E-state index contributed by atoms with van der Waals surface area (Å²) in [6.07, 6.45) is 8.36. The third-order valence-electron chi connectivity index (χ3n) is 3.22. The highest BCUT2D eigenvalue weighted by atomic mass is 15.4. The predicted octanol–water partition coefficient (Wildman–Crippen LogP) is 2.23. The van der Waals surface area contributed by atoms with Gasteiger partial charge in [0.1, 0.15) is 18.8 Å². The van der Waals surface area contributed by atoms with Crippen LogP contribution in [0.15, 0.2) is 24.8 Å². The van der Waals surface area contributed by atoms with Crippen molar-refractivity contribution < 1.29 is 0 Å². The van der Waals surface area contributed by atoms with E-state index in [0.29, 0.717) is 6.17 Å². The van der Waals surface area contributed by atoms with Gasteiger partial charge < -0.3 is 0 Å². The molecule has 1 atom stereocenters. The van der Waals surface area contributed by atoms with E-state index in [2.05, 4.69) is 28.5 Å². The van der Waals surface area contributed by atoms with Crippen molar-refractivity contribution in [2.24, 2.45) is 0 Å². The number of piperidine rings is 1. The smallest absolute Gasteiger partial charge is 0.137 e. The molecule has 16 heavy (non-hydrogen) atoms. The van der Waals surface area contributed by atoms with Gasteiger partial charge in [0, 0.05) is 13.1 Å². The van der Waals surface area contributed by atoms with Crippen molar-refractivity contribution in [3.05, 3.63) is 24.8 Å². The fourth-order valence-electron chi connectivity index (χ4n) is 2.25. The van der Waals surface area contributed by atoms with E-state index in [1.54, 1.807) is 6.33 Å². The lowest BCUT2D eigenvalue weighted by molar-refractivity contribution is 0.108. The van der Waals surface area contributed by atoms with Gasteiger partial charge >= 0.3 is 0 Å². The van der Waals surface area contributed by atoms with E-state index >= 15 is 0 Å². The molecule has 0 radical (unpaired) electrons. The monoisotopic (exact) mass is 220 g/mol. The summed E-state index contributed by atoms with van der Waals surface area (Å²) in [5, 5.41) is 4.27. The Morgan fingerprint density at radius 1 is 1.44 bits per heavy atom. The molecule has 1 aromatic rings. The zero-order valence-corrected chi connectivity index (χ0v) is 9.97. The number of aromatic nitrogens is 3. The molecule has 4 nitrogen and oxygen atoms in total. The van der Waals surface area contributed by atoms with Crippen LogP contribution in [-0.4, -0.2) is 32.8 Å². The Morgan fingerprint density at radius 3 is 2.75 bits per heavy atom. The standard InChI is InChI=1S/C12H20N4/c1-3-4-12(16-10-13-9-14-16)15-7-5-11(2)6-8-15/h9-10,12H,2-8H2,1H3. The van der Waals surface area contributed by atoms with Crippen LogP contribution in [0.1, 0.15) is 38.8 Å². The first-order valence-corrected chi connectivity index (χ1v) is 6.06. The van der Waals surface area contributed by atoms with E-state index in [9.17, 15) is 0 Å². The largest absolute Gasteiger partial charge is 0.281 e. The summed E-state index contributed by atoms with van der Waals surface area (Å²) >= 11 is 0. The number of likely N-dealkylation sites (tertiary alicyclic amines) is 1. The Kier molecular flexibility index (Phi) is 3.72. The van der Waals surface area contributed by atoms with Gasteiger partial charge in [-0.05, 0) is 19.3 Å². The minimum Gasteiger partial charge on any atom is -0.281 e. The summed E-state index contributed by atoms with van der Waals surface area (Å²) < 4.78 is 1.98. The fraction of sp³-hybridized carbons (Fsp3) is 0.667. The third-order valence-corrected chi connectivity index (χ3v) is 3.22. The average Bonchev–Trinajstić information content (AvgIpc) is 2.81. The second-order valence-electron chi connectivity index (χ2n) is 4.43. The van der Waals surface area contributed by atoms with Crippen molar-refractivity contribution in [2.45, 2.75) is 38.8 Å². The lowest BCUT2D eigenvalue weighted by Gasteiger charge is -2.34.